The van der Waals surface area contributed by atoms with E-state index in [0.717, 1.165) is 0 Å². The van der Waals surface area contributed by atoms with Crippen LogP contribution in [-0.2, 0) is 16.3 Å². The number of rotatable bonds is 10. The molecule has 0 saturated carbocycles. The van der Waals surface area contributed by atoms with Gasteiger partial charge in [-0.3, -0.25) is 14.9 Å². The number of nitro groups is 1. The Morgan fingerprint density at radius 2 is 1.75 bits per heavy atom. The van der Waals surface area contributed by atoms with E-state index in [1.807, 2.05) is 0 Å². The Balaban J connectivity index is 2.07. The van der Waals surface area contributed by atoms with Gasteiger partial charge >= 0.3 is 0 Å². The summed E-state index contributed by atoms with van der Waals surface area (Å²) in [5.74, 6) is -0.188. The van der Waals surface area contributed by atoms with Crippen LogP contribution in [-0.4, -0.2) is 35.1 Å². The van der Waals surface area contributed by atoms with E-state index < -0.39 is 20.0 Å². The van der Waals surface area contributed by atoms with Crippen molar-refractivity contribution in [2.45, 2.75) is 44.8 Å². The number of hydrogen-bond donors (Lipinski definition) is 0. The van der Waals surface area contributed by atoms with E-state index in [1.165, 1.54) is 12.1 Å². The van der Waals surface area contributed by atoms with E-state index in [2.05, 4.69) is 4.98 Å². The second-order valence-electron chi connectivity index (χ2n) is 6.84. The SMILES string of the molecule is CC(C)S(=O)(=O)CCCCCc1nc(C(=O)c2ccccc2)ccc1[N+](=O)[O-]. The Kier molecular flexibility index (Phi) is 7.39. The lowest BCUT2D eigenvalue weighted by Gasteiger charge is -2.08. The molecule has 0 saturated heterocycles. The van der Waals surface area contributed by atoms with Gasteiger partial charge in [0.05, 0.1) is 15.9 Å². The minimum absolute atomic E-state index is 0.104. The minimum atomic E-state index is -3.08. The minimum Gasteiger partial charge on any atom is -0.287 e. The van der Waals surface area contributed by atoms with Gasteiger partial charge in [-0.1, -0.05) is 36.8 Å². The molecular formula is C20H24N2O5S. The number of carbonyl (C=O) groups is 1. The van der Waals surface area contributed by atoms with Crippen molar-refractivity contribution in [1.82, 2.24) is 4.98 Å². The predicted octanol–water partition coefficient (Wildman–Crippen LogP) is 3.76. The third kappa shape index (κ3) is 5.69. The number of carbonyl (C=O) groups excluding carboxylic acids is 1. The maximum absolute atomic E-state index is 12.5. The molecule has 1 aromatic carbocycles. The Morgan fingerprint density at radius 3 is 2.36 bits per heavy atom. The molecule has 150 valence electrons. The molecule has 0 radical (unpaired) electrons. The van der Waals surface area contributed by atoms with Gasteiger partial charge in [0, 0.05) is 11.6 Å². The van der Waals surface area contributed by atoms with E-state index in [1.54, 1.807) is 44.2 Å². The van der Waals surface area contributed by atoms with Gasteiger partial charge in [0.15, 0.2) is 9.84 Å². The van der Waals surface area contributed by atoms with Crippen molar-refractivity contribution in [2.75, 3.05) is 5.75 Å². The Bertz CT molecular complexity index is 940. The summed E-state index contributed by atoms with van der Waals surface area (Å²) in [6.07, 6.45) is 1.98. The molecule has 1 aromatic heterocycles. The largest absolute Gasteiger partial charge is 0.290 e. The van der Waals surface area contributed by atoms with Crippen LogP contribution in [0.25, 0.3) is 0 Å². The van der Waals surface area contributed by atoms with Crippen LogP contribution in [0.3, 0.4) is 0 Å². The Morgan fingerprint density at radius 1 is 1.07 bits per heavy atom. The second kappa shape index (κ2) is 9.54. The number of hydrogen-bond acceptors (Lipinski definition) is 6. The van der Waals surface area contributed by atoms with Crippen LogP contribution in [0.15, 0.2) is 42.5 Å². The zero-order chi connectivity index (χ0) is 20.7. The lowest BCUT2D eigenvalue weighted by molar-refractivity contribution is -0.385. The first-order valence-corrected chi connectivity index (χ1v) is 10.9. The third-order valence-corrected chi connectivity index (χ3v) is 6.77. The molecule has 0 aliphatic carbocycles. The summed E-state index contributed by atoms with van der Waals surface area (Å²) in [5.41, 5.74) is 0.751. The van der Waals surface area contributed by atoms with Crippen molar-refractivity contribution in [2.24, 2.45) is 0 Å². The third-order valence-electron chi connectivity index (χ3n) is 4.48. The number of unbranched alkanes of at least 4 members (excludes halogenated alkanes) is 2. The lowest BCUT2D eigenvalue weighted by Crippen LogP contribution is -2.17. The molecular weight excluding hydrogens is 380 g/mol. The summed E-state index contributed by atoms with van der Waals surface area (Å²) >= 11 is 0. The summed E-state index contributed by atoms with van der Waals surface area (Å²) in [6, 6.07) is 11.3. The van der Waals surface area contributed by atoms with Crippen LogP contribution >= 0.6 is 0 Å². The number of nitrogens with zero attached hydrogens (tertiary/aromatic N) is 2. The number of aryl methyl sites for hydroxylation is 1. The molecule has 0 bridgehead atoms. The van der Waals surface area contributed by atoms with Gasteiger partial charge in [-0.25, -0.2) is 13.4 Å². The normalized spacial score (nSPS) is 11.5. The molecule has 2 rings (SSSR count). The molecule has 0 fully saturated rings. The average molecular weight is 404 g/mol. The van der Waals surface area contributed by atoms with E-state index in [4.69, 9.17) is 0 Å². The predicted molar refractivity (Wildman–Crippen MR) is 107 cm³/mol. The van der Waals surface area contributed by atoms with E-state index in [9.17, 15) is 23.3 Å². The van der Waals surface area contributed by atoms with Crippen molar-refractivity contribution >= 4 is 21.3 Å². The lowest BCUT2D eigenvalue weighted by atomic mass is 10.1. The van der Waals surface area contributed by atoms with Gasteiger partial charge < -0.3 is 0 Å². The molecule has 0 N–H and O–H groups in total. The molecule has 0 aliphatic rings. The van der Waals surface area contributed by atoms with Crippen molar-refractivity contribution in [3.63, 3.8) is 0 Å². The average Bonchev–Trinajstić information content (AvgIpc) is 2.67. The molecule has 28 heavy (non-hydrogen) atoms. The van der Waals surface area contributed by atoms with Crippen LogP contribution in [0.4, 0.5) is 5.69 Å². The van der Waals surface area contributed by atoms with Gasteiger partial charge in [0.1, 0.15) is 11.4 Å². The first-order valence-electron chi connectivity index (χ1n) is 9.18. The molecule has 1 heterocycles. The number of sulfone groups is 1. The number of ketones is 1. The molecule has 0 unspecified atom stereocenters. The van der Waals surface area contributed by atoms with Crippen LogP contribution in [0.5, 0.6) is 0 Å². The number of benzene rings is 1. The van der Waals surface area contributed by atoms with E-state index in [0.29, 0.717) is 31.2 Å². The zero-order valence-corrected chi connectivity index (χ0v) is 16.8. The standard InChI is InChI=1S/C20H24N2O5S/c1-15(2)28(26,27)14-8-4-7-11-17-19(22(24)25)13-12-18(21-17)20(23)16-9-5-3-6-10-16/h3,5-6,9-10,12-13,15H,4,7-8,11,14H2,1-2H3. The van der Waals surface area contributed by atoms with Crippen LogP contribution in [0.2, 0.25) is 0 Å². The molecule has 0 atom stereocenters. The van der Waals surface area contributed by atoms with Crippen molar-refractivity contribution in [1.29, 1.82) is 0 Å². The monoisotopic (exact) mass is 404 g/mol. The van der Waals surface area contributed by atoms with E-state index in [-0.39, 0.29) is 28.6 Å². The van der Waals surface area contributed by atoms with Gasteiger partial charge in [0.2, 0.25) is 5.78 Å². The molecule has 0 aliphatic heterocycles. The van der Waals surface area contributed by atoms with Crippen molar-refractivity contribution < 1.29 is 18.1 Å². The fourth-order valence-electron chi connectivity index (χ4n) is 2.72. The fourth-order valence-corrected chi connectivity index (χ4v) is 3.79. The molecule has 7 nitrogen and oxygen atoms in total. The smallest absolute Gasteiger partial charge is 0.287 e. The summed E-state index contributed by atoms with van der Waals surface area (Å²) < 4.78 is 23.6. The molecule has 0 amide bonds. The van der Waals surface area contributed by atoms with Crippen LogP contribution < -0.4 is 0 Å². The fraction of sp³-hybridized carbons (Fsp3) is 0.400. The van der Waals surface area contributed by atoms with Crippen molar-refractivity contribution in [3.8, 4) is 0 Å². The first-order chi connectivity index (χ1) is 13.2. The highest BCUT2D eigenvalue weighted by Gasteiger charge is 2.20. The van der Waals surface area contributed by atoms with E-state index >= 15 is 0 Å². The summed E-state index contributed by atoms with van der Waals surface area (Å²) in [5, 5.41) is 10.9. The Hall–Kier alpha value is -2.61. The highest BCUT2D eigenvalue weighted by molar-refractivity contribution is 7.91. The number of aromatic nitrogens is 1. The topological polar surface area (TPSA) is 107 Å². The summed E-state index contributed by atoms with van der Waals surface area (Å²) in [6.45, 7) is 3.30. The highest BCUT2D eigenvalue weighted by Crippen LogP contribution is 2.21. The molecule has 2 aromatic rings. The van der Waals surface area contributed by atoms with Crippen LogP contribution in [0, 0.1) is 10.1 Å². The molecule has 0 spiro atoms. The second-order valence-corrected chi connectivity index (χ2v) is 9.52. The van der Waals surface area contributed by atoms with Crippen molar-refractivity contribution in [3.05, 3.63) is 69.5 Å². The number of pyridine rings is 1. The van der Waals surface area contributed by atoms with Gasteiger partial charge in [-0.05, 0) is 39.2 Å². The highest BCUT2D eigenvalue weighted by atomic mass is 32.2. The molecule has 8 heteroatoms. The Labute approximate surface area is 164 Å². The quantitative estimate of drug-likeness (QED) is 0.258. The van der Waals surface area contributed by atoms with Crippen LogP contribution in [0.1, 0.15) is 54.9 Å². The zero-order valence-electron chi connectivity index (χ0n) is 16.0. The first kappa shape index (κ1) is 21.7. The maximum atomic E-state index is 12.5. The summed E-state index contributed by atoms with van der Waals surface area (Å²) in [7, 11) is -3.08. The van der Waals surface area contributed by atoms with Gasteiger partial charge in [0.25, 0.3) is 5.69 Å². The van der Waals surface area contributed by atoms with Gasteiger partial charge in [-0.15, -0.1) is 0 Å². The summed E-state index contributed by atoms with van der Waals surface area (Å²) in [4.78, 5) is 27.5. The van der Waals surface area contributed by atoms with Gasteiger partial charge in [-0.2, -0.15) is 0 Å². The maximum Gasteiger partial charge on any atom is 0.290 e.